The summed E-state index contributed by atoms with van der Waals surface area (Å²) in [5, 5.41) is 7.29. The Morgan fingerprint density at radius 1 is 1.17 bits per heavy atom. The Morgan fingerprint density at radius 2 is 1.89 bits per heavy atom. The second kappa shape index (κ2) is 5.41. The van der Waals surface area contributed by atoms with Gasteiger partial charge in [0.25, 0.3) is 0 Å². The highest BCUT2D eigenvalue weighted by Crippen LogP contribution is 2.41. The second-order valence-electron chi connectivity index (χ2n) is 5.90. The van der Waals surface area contributed by atoms with Gasteiger partial charge in [-0.25, -0.2) is 0 Å². The van der Waals surface area contributed by atoms with Crippen LogP contribution in [0.15, 0.2) is 30.3 Å². The minimum absolute atomic E-state index is 0.672. The Labute approximate surface area is 110 Å². The van der Waals surface area contributed by atoms with E-state index < -0.39 is 0 Å². The number of hydrogen-bond donors (Lipinski definition) is 2. The molecule has 0 amide bonds. The average molecular weight is 244 g/mol. The third-order valence-electron chi connectivity index (χ3n) is 4.59. The summed E-state index contributed by atoms with van der Waals surface area (Å²) in [5.74, 6) is 1.62. The first kappa shape index (κ1) is 12.2. The van der Waals surface area contributed by atoms with Gasteiger partial charge in [-0.1, -0.05) is 30.3 Å². The SMILES string of the molecule is CC(N[C@H]1CC1c1ccccc1)C1CCNCC1. The van der Waals surface area contributed by atoms with Crippen LogP contribution in [0.1, 0.15) is 37.7 Å². The molecule has 1 heterocycles. The van der Waals surface area contributed by atoms with Gasteiger partial charge in [0, 0.05) is 18.0 Å². The largest absolute Gasteiger partial charge is 0.317 e. The van der Waals surface area contributed by atoms with Crippen LogP contribution in [0.3, 0.4) is 0 Å². The van der Waals surface area contributed by atoms with Crippen LogP contribution in [0.25, 0.3) is 0 Å². The van der Waals surface area contributed by atoms with Crippen molar-refractivity contribution in [1.82, 2.24) is 10.6 Å². The first-order chi connectivity index (χ1) is 8.84. The van der Waals surface area contributed by atoms with Crippen LogP contribution in [-0.4, -0.2) is 25.2 Å². The number of nitrogens with one attached hydrogen (secondary N) is 2. The van der Waals surface area contributed by atoms with Crippen molar-refractivity contribution < 1.29 is 0 Å². The molecule has 0 radical (unpaired) electrons. The van der Waals surface area contributed by atoms with Gasteiger partial charge in [-0.15, -0.1) is 0 Å². The predicted molar refractivity (Wildman–Crippen MR) is 75.8 cm³/mol. The van der Waals surface area contributed by atoms with Crippen molar-refractivity contribution in [3.05, 3.63) is 35.9 Å². The first-order valence-corrected chi connectivity index (χ1v) is 7.36. The lowest BCUT2D eigenvalue weighted by molar-refractivity contribution is 0.291. The van der Waals surface area contributed by atoms with Gasteiger partial charge in [0.1, 0.15) is 0 Å². The molecule has 2 aliphatic rings. The smallest absolute Gasteiger partial charge is 0.0145 e. The van der Waals surface area contributed by atoms with Gasteiger partial charge < -0.3 is 10.6 Å². The van der Waals surface area contributed by atoms with Crippen LogP contribution in [0.5, 0.6) is 0 Å². The highest BCUT2D eigenvalue weighted by molar-refractivity contribution is 5.27. The molecule has 2 unspecified atom stereocenters. The molecular weight excluding hydrogens is 220 g/mol. The van der Waals surface area contributed by atoms with Gasteiger partial charge in [-0.3, -0.25) is 0 Å². The Hall–Kier alpha value is -0.860. The number of hydrogen-bond acceptors (Lipinski definition) is 2. The summed E-state index contributed by atoms with van der Waals surface area (Å²) in [6.45, 7) is 4.77. The molecule has 1 aliphatic heterocycles. The molecule has 3 atom stereocenters. The Kier molecular flexibility index (Phi) is 3.67. The lowest BCUT2D eigenvalue weighted by Crippen LogP contribution is -2.41. The van der Waals surface area contributed by atoms with Crippen LogP contribution in [0, 0.1) is 5.92 Å². The van der Waals surface area contributed by atoms with E-state index in [1.54, 1.807) is 0 Å². The zero-order valence-electron chi connectivity index (χ0n) is 11.2. The first-order valence-electron chi connectivity index (χ1n) is 7.36. The quantitative estimate of drug-likeness (QED) is 0.850. The Balaban J connectivity index is 1.50. The molecule has 18 heavy (non-hydrogen) atoms. The number of benzene rings is 1. The van der Waals surface area contributed by atoms with E-state index in [-0.39, 0.29) is 0 Å². The monoisotopic (exact) mass is 244 g/mol. The molecule has 1 aromatic rings. The summed E-state index contributed by atoms with van der Waals surface area (Å²) in [5.41, 5.74) is 1.51. The second-order valence-corrected chi connectivity index (χ2v) is 5.90. The lowest BCUT2D eigenvalue weighted by atomic mass is 9.91. The van der Waals surface area contributed by atoms with E-state index >= 15 is 0 Å². The summed E-state index contributed by atoms with van der Waals surface area (Å²) >= 11 is 0. The molecule has 2 N–H and O–H groups in total. The van der Waals surface area contributed by atoms with Crippen LogP contribution in [-0.2, 0) is 0 Å². The van der Waals surface area contributed by atoms with Crippen molar-refractivity contribution in [2.45, 2.75) is 44.2 Å². The predicted octanol–water partition coefficient (Wildman–Crippen LogP) is 2.52. The molecule has 1 aliphatic carbocycles. The molecule has 0 aromatic heterocycles. The van der Waals surface area contributed by atoms with Crippen LogP contribution >= 0.6 is 0 Å². The molecule has 2 nitrogen and oxygen atoms in total. The minimum Gasteiger partial charge on any atom is -0.317 e. The molecule has 2 fully saturated rings. The molecule has 2 heteroatoms. The zero-order valence-corrected chi connectivity index (χ0v) is 11.2. The molecule has 3 rings (SSSR count). The van der Waals surface area contributed by atoms with Crippen LogP contribution in [0.2, 0.25) is 0 Å². The van der Waals surface area contributed by atoms with Crippen molar-refractivity contribution in [2.24, 2.45) is 5.92 Å². The summed E-state index contributed by atoms with van der Waals surface area (Å²) in [4.78, 5) is 0. The molecule has 1 saturated carbocycles. The number of rotatable bonds is 4. The van der Waals surface area contributed by atoms with Gasteiger partial charge in [0.15, 0.2) is 0 Å². The van der Waals surface area contributed by atoms with E-state index in [0.29, 0.717) is 6.04 Å². The highest BCUT2D eigenvalue weighted by atomic mass is 15.0. The highest BCUT2D eigenvalue weighted by Gasteiger charge is 2.39. The van der Waals surface area contributed by atoms with Gasteiger partial charge in [-0.05, 0) is 50.8 Å². The molecular formula is C16H24N2. The molecule has 0 spiro atoms. The van der Waals surface area contributed by atoms with Crippen molar-refractivity contribution >= 4 is 0 Å². The van der Waals surface area contributed by atoms with Crippen LogP contribution in [0.4, 0.5) is 0 Å². The van der Waals surface area contributed by atoms with Crippen molar-refractivity contribution in [2.75, 3.05) is 13.1 Å². The molecule has 98 valence electrons. The fourth-order valence-corrected chi connectivity index (χ4v) is 3.27. The van der Waals surface area contributed by atoms with Gasteiger partial charge in [-0.2, -0.15) is 0 Å². The van der Waals surface area contributed by atoms with E-state index in [0.717, 1.165) is 17.9 Å². The van der Waals surface area contributed by atoms with Crippen molar-refractivity contribution in [3.63, 3.8) is 0 Å². The Bertz CT molecular complexity index is 370. The maximum atomic E-state index is 3.84. The van der Waals surface area contributed by atoms with Crippen LogP contribution < -0.4 is 10.6 Å². The normalized spacial score (nSPS) is 30.1. The topological polar surface area (TPSA) is 24.1 Å². The Morgan fingerprint density at radius 3 is 2.61 bits per heavy atom. The third-order valence-corrected chi connectivity index (χ3v) is 4.59. The third kappa shape index (κ3) is 2.76. The van der Waals surface area contributed by atoms with E-state index in [4.69, 9.17) is 0 Å². The van der Waals surface area contributed by atoms with E-state index in [9.17, 15) is 0 Å². The lowest BCUT2D eigenvalue weighted by Gasteiger charge is -2.29. The maximum Gasteiger partial charge on any atom is 0.0145 e. The van der Waals surface area contributed by atoms with Gasteiger partial charge in [0.2, 0.25) is 0 Å². The summed E-state index contributed by atoms with van der Waals surface area (Å²) < 4.78 is 0. The summed E-state index contributed by atoms with van der Waals surface area (Å²) in [6.07, 6.45) is 3.98. The maximum absolute atomic E-state index is 3.84. The molecule has 1 saturated heterocycles. The van der Waals surface area contributed by atoms with Crippen molar-refractivity contribution in [1.29, 1.82) is 0 Å². The fraction of sp³-hybridized carbons (Fsp3) is 0.625. The average Bonchev–Trinajstić information content (AvgIpc) is 3.20. The molecule has 0 bridgehead atoms. The number of piperidine rings is 1. The van der Waals surface area contributed by atoms with E-state index in [2.05, 4.69) is 47.9 Å². The molecule has 1 aromatic carbocycles. The van der Waals surface area contributed by atoms with Crippen molar-refractivity contribution in [3.8, 4) is 0 Å². The minimum atomic E-state index is 0.672. The van der Waals surface area contributed by atoms with Gasteiger partial charge >= 0.3 is 0 Å². The summed E-state index contributed by atoms with van der Waals surface area (Å²) in [7, 11) is 0. The van der Waals surface area contributed by atoms with E-state index in [1.807, 2.05) is 0 Å². The van der Waals surface area contributed by atoms with Gasteiger partial charge in [0.05, 0.1) is 0 Å². The summed E-state index contributed by atoms with van der Waals surface area (Å²) in [6, 6.07) is 12.3. The van der Waals surface area contributed by atoms with E-state index in [1.165, 1.54) is 37.9 Å². The zero-order chi connectivity index (χ0) is 12.4. The standard InChI is InChI=1S/C16H24N2/c1-12(13-7-9-17-10-8-13)18-16-11-15(16)14-5-3-2-4-6-14/h2-6,12-13,15-18H,7-11H2,1H3/t12?,15?,16-/m0/s1. The fourth-order valence-electron chi connectivity index (χ4n) is 3.27.